The number of likely N-dealkylation sites (tertiary alicyclic amines) is 1. The number of aryl methyl sites for hydroxylation is 1. The normalized spacial score (nSPS) is 14.1. The number of nitrogens with two attached hydrogens (primary N) is 1. The molecule has 1 aliphatic rings. The Morgan fingerprint density at radius 1 is 1.20 bits per heavy atom. The maximum atomic E-state index is 13.9. The third-order valence-corrected chi connectivity index (χ3v) is 9.81. The minimum Gasteiger partial charge on any atom is -0.366 e. The Balaban J connectivity index is 1.32. The second kappa shape index (κ2) is 13.5. The summed E-state index contributed by atoms with van der Waals surface area (Å²) >= 11 is 7.71. The number of pyridine rings is 2. The van der Waals surface area contributed by atoms with Crippen LogP contribution >= 0.6 is 22.9 Å². The van der Waals surface area contributed by atoms with E-state index in [9.17, 15) is 28.0 Å². The molecule has 1 aromatic carbocycles. The molecule has 6 rings (SSSR count). The van der Waals surface area contributed by atoms with E-state index in [0.29, 0.717) is 45.9 Å². The average molecular weight is 705 g/mol. The lowest BCUT2D eigenvalue weighted by Gasteiger charge is -2.37. The van der Waals surface area contributed by atoms with Crippen molar-refractivity contribution in [1.29, 1.82) is 5.26 Å². The van der Waals surface area contributed by atoms with E-state index in [-0.39, 0.29) is 48.0 Å². The first kappa shape index (κ1) is 33.9. The molecule has 10 nitrogen and oxygen atoms in total. The minimum absolute atomic E-state index is 0.0394. The third kappa shape index (κ3) is 6.81. The molecule has 1 amide bonds. The van der Waals surface area contributed by atoms with Crippen LogP contribution in [0.25, 0.3) is 32.2 Å². The summed E-state index contributed by atoms with van der Waals surface area (Å²) in [6, 6.07) is 9.00. The van der Waals surface area contributed by atoms with Crippen molar-refractivity contribution in [2.45, 2.75) is 38.5 Å². The predicted molar refractivity (Wildman–Crippen MR) is 183 cm³/mol. The molecule has 5 heterocycles. The molecular formula is C34H28ClF3N8O2S. The quantitative estimate of drug-likeness (QED) is 0.229. The number of hydrogen-bond acceptors (Lipinski definition) is 9. The fourth-order valence-electron chi connectivity index (χ4n) is 6.14. The second-order valence-corrected chi connectivity index (χ2v) is 13.0. The maximum absolute atomic E-state index is 13.9. The first-order chi connectivity index (χ1) is 23.4. The number of primary amides is 1. The Labute approximate surface area is 287 Å². The molecule has 0 bridgehead atoms. The van der Waals surface area contributed by atoms with Crippen molar-refractivity contribution < 1.29 is 18.0 Å². The van der Waals surface area contributed by atoms with Crippen LogP contribution in [-0.2, 0) is 6.54 Å². The monoisotopic (exact) mass is 704 g/mol. The second-order valence-electron chi connectivity index (χ2n) is 11.7. The highest BCUT2D eigenvalue weighted by Gasteiger charge is 2.34. The van der Waals surface area contributed by atoms with Crippen LogP contribution in [0.5, 0.6) is 0 Å². The number of amides is 1. The van der Waals surface area contributed by atoms with Gasteiger partial charge in [-0.3, -0.25) is 24.0 Å². The number of nitrogens with zero attached hydrogens (tertiary/aromatic N) is 7. The summed E-state index contributed by atoms with van der Waals surface area (Å²) in [6.07, 6.45) is -0.357. The predicted octanol–water partition coefficient (Wildman–Crippen LogP) is 5.52. The van der Waals surface area contributed by atoms with Crippen LogP contribution in [-0.4, -0.2) is 69.2 Å². The summed E-state index contributed by atoms with van der Waals surface area (Å²) in [5, 5.41) is 12.5. The molecule has 2 N–H and O–H groups in total. The van der Waals surface area contributed by atoms with Gasteiger partial charge in [-0.25, -0.2) is 9.97 Å². The number of piperidine rings is 1. The first-order valence-corrected chi connectivity index (χ1v) is 16.4. The fourth-order valence-corrected chi connectivity index (χ4v) is 7.36. The molecule has 0 radical (unpaired) electrons. The zero-order chi connectivity index (χ0) is 35.0. The fraction of sp³-hybridized carbons (Fsp3) is 0.294. The van der Waals surface area contributed by atoms with E-state index in [1.54, 1.807) is 54.7 Å². The van der Waals surface area contributed by atoms with Gasteiger partial charge in [0.25, 0.3) is 11.5 Å². The number of hydrogen-bond donors (Lipinski definition) is 1. The Bertz CT molecular complexity index is 2280. The standard InChI is InChI=1S/C34H28ClF3N8O2S/c1-19-43-27-16-42-32(44(2)22-8-12-45(13-9-22)18-34(36,37)38)25(15-39)28(27)33(48)46(19)11-3-4-20-5-6-21(35)14-24(20)23-7-10-41-29-26(31(40)47)17-49-30(23)29/h5-7,10,14,16-17,22H,8-9,11-13,18H2,1-2H3,(H2,40,47). The van der Waals surface area contributed by atoms with Gasteiger partial charge < -0.3 is 10.6 Å². The maximum Gasteiger partial charge on any atom is 0.401 e. The molecule has 49 heavy (non-hydrogen) atoms. The number of carbonyl (C=O) groups excluding carboxylic acids is 1. The summed E-state index contributed by atoms with van der Waals surface area (Å²) in [5.41, 5.74) is 8.28. The van der Waals surface area contributed by atoms with Crippen molar-refractivity contribution in [1.82, 2.24) is 24.4 Å². The summed E-state index contributed by atoms with van der Waals surface area (Å²) in [7, 11) is 1.73. The number of aromatic nitrogens is 4. The van der Waals surface area contributed by atoms with E-state index in [2.05, 4.69) is 32.9 Å². The van der Waals surface area contributed by atoms with E-state index in [0.717, 1.165) is 10.3 Å². The Morgan fingerprint density at radius 2 is 1.96 bits per heavy atom. The van der Waals surface area contributed by atoms with Crippen LogP contribution in [0.4, 0.5) is 19.0 Å². The SMILES string of the molecule is Cc1nc2cnc(N(C)C3CCN(CC(F)(F)F)CC3)c(C#N)c2c(=O)n1CC#Cc1ccc(Cl)cc1-c1ccnc2c(C(N)=O)csc12. The highest BCUT2D eigenvalue weighted by Crippen LogP contribution is 2.36. The van der Waals surface area contributed by atoms with Gasteiger partial charge in [0.15, 0.2) is 0 Å². The van der Waals surface area contributed by atoms with Gasteiger partial charge in [-0.2, -0.15) is 18.4 Å². The van der Waals surface area contributed by atoms with Crippen molar-refractivity contribution >= 4 is 55.8 Å². The van der Waals surface area contributed by atoms with Gasteiger partial charge >= 0.3 is 6.18 Å². The lowest BCUT2D eigenvalue weighted by atomic mass is 10.00. The van der Waals surface area contributed by atoms with E-state index in [1.165, 1.54) is 27.0 Å². The molecular weight excluding hydrogens is 677 g/mol. The molecule has 0 saturated carbocycles. The average Bonchev–Trinajstić information content (AvgIpc) is 3.50. The molecule has 250 valence electrons. The van der Waals surface area contributed by atoms with Gasteiger partial charge in [-0.05, 0) is 44.0 Å². The Hall–Kier alpha value is -5.02. The van der Waals surface area contributed by atoms with E-state index < -0.39 is 24.2 Å². The molecule has 15 heteroatoms. The van der Waals surface area contributed by atoms with Crippen LogP contribution in [0, 0.1) is 30.1 Å². The number of alkyl halides is 3. The van der Waals surface area contributed by atoms with E-state index >= 15 is 0 Å². The molecule has 0 aliphatic carbocycles. The molecule has 0 unspecified atom stereocenters. The van der Waals surface area contributed by atoms with Crippen molar-refractivity contribution in [3.05, 3.63) is 79.9 Å². The van der Waals surface area contributed by atoms with Crippen LogP contribution < -0.4 is 16.2 Å². The Morgan fingerprint density at radius 3 is 2.65 bits per heavy atom. The number of fused-ring (bicyclic) bond motifs is 2. The molecule has 0 spiro atoms. The minimum atomic E-state index is -4.27. The number of halogens is 4. The zero-order valence-electron chi connectivity index (χ0n) is 26.3. The van der Waals surface area contributed by atoms with Crippen LogP contribution in [0.2, 0.25) is 5.02 Å². The summed E-state index contributed by atoms with van der Waals surface area (Å²) < 4.78 is 40.8. The topological polar surface area (TPSA) is 134 Å². The molecule has 1 fully saturated rings. The summed E-state index contributed by atoms with van der Waals surface area (Å²) in [6.45, 7) is 1.16. The third-order valence-electron chi connectivity index (χ3n) is 8.58. The lowest BCUT2D eigenvalue weighted by molar-refractivity contribution is -0.147. The number of anilines is 1. The van der Waals surface area contributed by atoms with Crippen LogP contribution in [0.15, 0.2) is 46.8 Å². The van der Waals surface area contributed by atoms with Crippen LogP contribution in [0.3, 0.4) is 0 Å². The summed E-state index contributed by atoms with van der Waals surface area (Å²) in [5.74, 6) is 6.27. The first-order valence-electron chi connectivity index (χ1n) is 15.1. The Kier molecular flexibility index (Phi) is 9.31. The largest absolute Gasteiger partial charge is 0.401 e. The number of rotatable bonds is 6. The van der Waals surface area contributed by atoms with Crippen molar-refractivity contribution in [3.63, 3.8) is 0 Å². The lowest BCUT2D eigenvalue weighted by Crippen LogP contribution is -2.46. The highest BCUT2D eigenvalue weighted by atomic mass is 35.5. The number of benzene rings is 1. The van der Waals surface area contributed by atoms with E-state index in [1.807, 2.05) is 0 Å². The molecule has 0 atom stereocenters. The smallest absolute Gasteiger partial charge is 0.366 e. The number of nitriles is 1. The van der Waals surface area contributed by atoms with Gasteiger partial charge in [0.2, 0.25) is 0 Å². The van der Waals surface area contributed by atoms with Gasteiger partial charge in [0, 0.05) is 59.5 Å². The number of thiophene rings is 1. The molecule has 1 aliphatic heterocycles. The van der Waals surface area contributed by atoms with Gasteiger partial charge in [-0.1, -0.05) is 23.4 Å². The van der Waals surface area contributed by atoms with Crippen molar-refractivity contribution in [2.75, 3.05) is 31.6 Å². The summed E-state index contributed by atoms with van der Waals surface area (Å²) in [4.78, 5) is 42.3. The van der Waals surface area contributed by atoms with Gasteiger partial charge in [0.1, 0.15) is 23.3 Å². The molecule has 4 aromatic heterocycles. The van der Waals surface area contributed by atoms with E-state index in [4.69, 9.17) is 17.3 Å². The number of carbonyl (C=O) groups is 1. The van der Waals surface area contributed by atoms with Crippen LogP contribution in [0.1, 0.15) is 40.2 Å². The highest BCUT2D eigenvalue weighted by molar-refractivity contribution is 7.18. The molecule has 1 saturated heterocycles. The van der Waals surface area contributed by atoms with Gasteiger partial charge in [-0.15, -0.1) is 11.3 Å². The van der Waals surface area contributed by atoms with Crippen molar-refractivity contribution in [2.24, 2.45) is 5.73 Å². The molecule has 5 aromatic rings. The zero-order valence-corrected chi connectivity index (χ0v) is 27.9. The van der Waals surface area contributed by atoms with Gasteiger partial charge in [0.05, 0.1) is 46.0 Å². The van der Waals surface area contributed by atoms with Crippen molar-refractivity contribution in [3.8, 4) is 29.0 Å².